The zero-order chi connectivity index (χ0) is 15.5. The molecule has 120 valence electrons. The first-order valence-electron chi connectivity index (χ1n) is 7.19. The van der Waals surface area contributed by atoms with Gasteiger partial charge in [-0.2, -0.15) is 0 Å². The molecule has 0 aliphatic carbocycles. The Morgan fingerprint density at radius 3 is 2.86 bits per heavy atom. The molecule has 2 aliphatic heterocycles. The van der Waals surface area contributed by atoms with Crippen molar-refractivity contribution in [1.82, 2.24) is 10.2 Å². The third-order valence-corrected chi connectivity index (χ3v) is 5.71. The first-order chi connectivity index (χ1) is 9.91. The lowest BCUT2D eigenvalue weighted by atomic mass is 10.1. The Kier molecular flexibility index (Phi) is 5.21. The van der Waals surface area contributed by atoms with Crippen molar-refractivity contribution in [1.29, 1.82) is 0 Å². The predicted molar refractivity (Wildman–Crippen MR) is 76.4 cm³/mol. The molecule has 8 heteroatoms. The van der Waals surface area contributed by atoms with E-state index >= 15 is 0 Å². The van der Waals surface area contributed by atoms with Crippen molar-refractivity contribution in [3.8, 4) is 0 Å². The average Bonchev–Trinajstić information content (AvgIpc) is 2.93. The van der Waals surface area contributed by atoms with Crippen molar-refractivity contribution in [2.45, 2.75) is 25.3 Å². The molecule has 0 bridgehead atoms. The molecule has 21 heavy (non-hydrogen) atoms. The van der Waals surface area contributed by atoms with E-state index in [1.165, 1.54) is 0 Å². The monoisotopic (exact) mass is 318 g/mol. The number of ether oxygens (including phenoxy) is 1. The van der Waals surface area contributed by atoms with Crippen LogP contribution in [0.1, 0.15) is 19.3 Å². The molecule has 2 aliphatic rings. The molecular weight excluding hydrogens is 296 g/mol. The first kappa shape index (κ1) is 16.2. The van der Waals surface area contributed by atoms with E-state index < -0.39 is 9.84 Å². The number of nitrogens with zero attached hydrogens (tertiary/aromatic N) is 1. The summed E-state index contributed by atoms with van der Waals surface area (Å²) in [5, 5.41) is 2.76. The number of carbonyl (C=O) groups excluding carboxylic acids is 2. The highest BCUT2D eigenvalue weighted by molar-refractivity contribution is 7.91. The fourth-order valence-electron chi connectivity index (χ4n) is 2.79. The number of sulfone groups is 1. The SMILES string of the molecule is COCCCN1CC(C(=O)NC2CCS(=O)(=O)C2)CC1=O. The summed E-state index contributed by atoms with van der Waals surface area (Å²) in [4.78, 5) is 25.6. The molecule has 2 fully saturated rings. The fourth-order valence-corrected chi connectivity index (χ4v) is 4.46. The number of hydrogen-bond acceptors (Lipinski definition) is 5. The van der Waals surface area contributed by atoms with E-state index in [9.17, 15) is 18.0 Å². The number of rotatable bonds is 6. The molecule has 0 aromatic rings. The maximum Gasteiger partial charge on any atom is 0.225 e. The van der Waals surface area contributed by atoms with Gasteiger partial charge < -0.3 is 15.0 Å². The van der Waals surface area contributed by atoms with Gasteiger partial charge in [0.15, 0.2) is 9.84 Å². The normalized spacial score (nSPS) is 28.0. The molecule has 2 unspecified atom stereocenters. The largest absolute Gasteiger partial charge is 0.385 e. The van der Waals surface area contributed by atoms with Crippen molar-refractivity contribution in [2.24, 2.45) is 5.92 Å². The summed E-state index contributed by atoms with van der Waals surface area (Å²) >= 11 is 0. The molecule has 1 N–H and O–H groups in total. The van der Waals surface area contributed by atoms with Gasteiger partial charge in [0.25, 0.3) is 0 Å². The summed E-state index contributed by atoms with van der Waals surface area (Å²) in [7, 11) is -1.40. The number of amides is 2. The van der Waals surface area contributed by atoms with Crippen molar-refractivity contribution in [3.63, 3.8) is 0 Å². The van der Waals surface area contributed by atoms with Crippen LogP contribution in [0.5, 0.6) is 0 Å². The smallest absolute Gasteiger partial charge is 0.225 e. The van der Waals surface area contributed by atoms with Gasteiger partial charge in [-0.3, -0.25) is 9.59 Å². The van der Waals surface area contributed by atoms with Crippen LogP contribution >= 0.6 is 0 Å². The lowest BCUT2D eigenvalue weighted by Crippen LogP contribution is -2.40. The van der Waals surface area contributed by atoms with Crippen LogP contribution in [-0.2, 0) is 24.2 Å². The Morgan fingerprint density at radius 2 is 2.24 bits per heavy atom. The molecule has 7 nitrogen and oxygen atoms in total. The Hall–Kier alpha value is -1.15. The number of hydrogen-bond donors (Lipinski definition) is 1. The van der Waals surface area contributed by atoms with Gasteiger partial charge in [0, 0.05) is 39.3 Å². The lowest BCUT2D eigenvalue weighted by Gasteiger charge is -2.17. The molecule has 2 amide bonds. The van der Waals surface area contributed by atoms with E-state index in [-0.39, 0.29) is 41.7 Å². The topological polar surface area (TPSA) is 92.8 Å². The highest BCUT2D eigenvalue weighted by Crippen LogP contribution is 2.19. The minimum absolute atomic E-state index is 0.0109. The maximum absolute atomic E-state index is 12.1. The van der Waals surface area contributed by atoms with Gasteiger partial charge in [-0.05, 0) is 12.8 Å². The standard InChI is InChI=1S/C13H22N2O5S/c1-20-5-2-4-15-8-10(7-12(15)16)13(17)14-11-3-6-21(18,19)9-11/h10-11H,2-9H2,1H3,(H,14,17). The second-order valence-electron chi connectivity index (χ2n) is 5.70. The summed E-state index contributed by atoms with van der Waals surface area (Å²) in [5.74, 6) is -0.463. The van der Waals surface area contributed by atoms with Gasteiger partial charge in [0.2, 0.25) is 11.8 Å². The Balaban J connectivity index is 1.80. The van der Waals surface area contributed by atoms with Gasteiger partial charge in [-0.25, -0.2) is 8.42 Å². The fraction of sp³-hybridized carbons (Fsp3) is 0.846. The zero-order valence-corrected chi connectivity index (χ0v) is 13.0. The molecule has 2 rings (SSSR count). The highest BCUT2D eigenvalue weighted by atomic mass is 32.2. The summed E-state index contributed by atoms with van der Waals surface area (Å²) in [6, 6.07) is -0.305. The highest BCUT2D eigenvalue weighted by Gasteiger charge is 2.36. The van der Waals surface area contributed by atoms with Crippen LogP contribution in [0.2, 0.25) is 0 Å². The summed E-state index contributed by atoms with van der Waals surface area (Å²) in [6.07, 6.45) is 1.42. The Bertz CT molecular complexity index is 505. The Morgan fingerprint density at radius 1 is 1.48 bits per heavy atom. The quantitative estimate of drug-likeness (QED) is 0.646. The molecule has 2 heterocycles. The van der Waals surface area contributed by atoms with Crippen LogP contribution in [0.25, 0.3) is 0 Å². The predicted octanol–water partition coefficient (Wildman–Crippen LogP) is -0.825. The van der Waals surface area contributed by atoms with Crippen molar-refractivity contribution >= 4 is 21.7 Å². The first-order valence-corrected chi connectivity index (χ1v) is 9.01. The van der Waals surface area contributed by atoms with Crippen molar-refractivity contribution < 1.29 is 22.7 Å². The zero-order valence-electron chi connectivity index (χ0n) is 12.2. The van der Waals surface area contributed by atoms with Crippen LogP contribution in [0, 0.1) is 5.92 Å². The molecular formula is C13H22N2O5S. The van der Waals surface area contributed by atoms with Gasteiger partial charge >= 0.3 is 0 Å². The molecule has 0 saturated carbocycles. The number of nitrogens with one attached hydrogen (secondary N) is 1. The van der Waals surface area contributed by atoms with Gasteiger partial charge in [0.05, 0.1) is 17.4 Å². The lowest BCUT2D eigenvalue weighted by molar-refractivity contribution is -0.129. The summed E-state index contributed by atoms with van der Waals surface area (Å²) in [5.41, 5.74) is 0. The van der Waals surface area contributed by atoms with E-state index in [1.807, 2.05) is 0 Å². The average molecular weight is 318 g/mol. The molecule has 0 aromatic carbocycles. The minimum atomic E-state index is -3.01. The van der Waals surface area contributed by atoms with Crippen LogP contribution in [0.3, 0.4) is 0 Å². The number of methoxy groups -OCH3 is 1. The minimum Gasteiger partial charge on any atom is -0.385 e. The third-order valence-electron chi connectivity index (χ3n) is 3.94. The van der Waals surface area contributed by atoms with Gasteiger partial charge in [0.1, 0.15) is 0 Å². The van der Waals surface area contributed by atoms with Crippen LogP contribution in [-0.4, -0.2) is 69.5 Å². The molecule has 2 atom stereocenters. The van der Waals surface area contributed by atoms with Crippen LogP contribution in [0.15, 0.2) is 0 Å². The van der Waals surface area contributed by atoms with Crippen LogP contribution in [0.4, 0.5) is 0 Å². The molecule has 2 saturated heterocycles. The van der Waals surface area contributed by atoms with Gasteiger partial charge in [-0.1, -0.05) is 0 Å². The van der Waals surface area contributed by atoms with E-state index in [0.717, 1.165) is 6.42 Å². The van der Waals surface area contributed by atoms with E-state index in [0.29, 0.717) is 26.1 Å². The molecule has 0 aromatic heterocycles. The second kappa shape index (κ2) is 6.74. The summed E-state index contributed by atoms with van der Waals surface area (Å²) < 4.78 is 27.7. The van der Waals surface area contributed by atoms with Gasteiger partial charge in [-0.15, -0.1) is 0 Å². The van der Waals surface area contributed by atoms with Crippen LogP contribution < -0.4 is 5.32 Å². The Labute approximate surface area is 124 Å². The molecule has 0 spiro atoms. The van der Waals surface area contributed by atoms with Crippen molar-refractivity contribution in [3.05, 3.63) is 0 Å². The van der Waals surface area contributed by atoms with E-state index in [4.69, 9.17) is 4.74 Å². The maximum atomic E-state index is 12.1. The molecule has 0 radical (unpaired) electrons. The van der Waals surface area contributed by atoms with E-state index in [1.54, 1.807) is 12.0 Å². The van der Waals surface area contributed by atoms with E-state index in [2.05, 4.69) is 5.32 Å². The van der Waals surface area contributed by atoms with Crippen molar-refractivity contribution in [2.75, 3.05) is 38.3 Å². The summed E-state index contributed by atoms with van der Waals surface area (Å²) in [6.45, 7) is 1.59. The third kappa shape index (κ3) is 4.41. The second-order valence-corrected chi connectivity index (χ2v) is 7.92. The number of carbonyl (C=O) groups is 2. The number of likely N-dealkylation sites (tertiary alicyclic amines) is 1.